The van der Waals surface area contributed by atoms with E-state index in [1.165, 1.54) is 0 Å². The van der Waals surface area contributed by atoms with Crippen molar-refractivity contribution in [3.05, 3.63) is 34.6 Å². The molecule has 0 fully saturated rings. The van der Waals surface area contributed by atoms with Crippen LogP contribution < -0.4 is 0 Å². The zero-order valence-corrected chi connectivity index (χ0v) is 7.88. The van der Waals surface area contributed by atoms with Gasteiger partial charge in [-0.25, -0.2) is 14.0 Å². The molecule has 0 aliphatic rings. The number of aromatic carboxylic acids is 2. The van der Waals surface area contributed by atoms with Crippen LogP contribution >= 0.6 is 0 Å². The van der Waals surface area contributed by atoms with Gasteiger partial charge in [0.2, 0.25) is 0 Å². The fraction of sp³-hybridized carbons (Fsp3) is 0.111. The molecule has 0 aliphatic heterocycles. The van der Waals surface area contributed by atoms with Gasteiger partial charge in [-0.15, -0.1) is 0 Å². The van der Waals surface area contributed by atoms with Crippen LogP contribution in [0.4, 0.5) is 17.6 Å². The molecule has 0 heterocycles. The Morgan fingerprint density at radius 2 is 1.59 bits per heavy atom. The van der Waals surface area contributed by atoms with Crippen LogP contribution in [0.3, 0.4) is 0 Å². The van der Waals surface area contributed by atoms with Gasteiger partial charge in [-0.2, -0.15) is 13.2 Å². The van der Waals surface area contributed by atoms with Gasteiger partial charge in [0.25, 0.3) is 0 Å². The van der Waals surface area contributed by atoms with E-state index >= 15 is 0 Å². The topological polar surface area (TPSA) is 74.6 Å². The van der Waals surface area contributed by atoms with Crippen molar-refractivity contribution in [3.63, 3.8) is 0 Å². The summed E-state index contributed by atoms with van der Waals surface area (Å²) in [5, 5.41) is 17.0. The second-order valence-corrected chi connectivity index (χ2v) is 2.96. The average Bonchev–Trinajstić information content (AvgIpc) is 2.13. The van der Waals surface area contributed by atoms with E-state index in [4.69, 9.17) is 10.2 Å². The number of carbonyl (C=O) groups is 2. The average molecular weight is 252 g/mol. The molecule has 0 unspecified atom stereocenters. The largest absolute Gasteiger partial charge is 0.478 e. The van der Waals surface area contributed by atoms with Crippen LogP contribution in [0.15, 0.2) is 12.1 Å². The lowest BCUT2D eigenvalue weighted by Crippen LogP contribution is -2.16. The summed E-state index contributed by atoms with van der Waals surface area (Å²) < 4.78 is 50.0. The molecule has 8 heteroatoms. The Labute approximate surface area is 91.1 Å². The third kappa shape index (κ3) is 2.35. The highest BCUT2D eigenvalue weighted by atomic mass is 19.4. The van der Waals surface area contributed by atoms with Crippen LogP contribution in [0.1, 0.15) is 26.3 Å². The molecule has 92 valence electrons. The van der Waals surface area contributed by atoms with Crippen LogP contribution in [0.25, 0.3) is 0 Å². The minimum atomic E-state index is -5.09. The predicted octanol–water partition coefficient (Wildman–Crippen LogP) is 2.24. The van der Waals surface area contributed by atoms with Crippen LogP contribution in [-0.2, 0) is 6.18 Å². The lowest BCUT2D eigenvalue weighted by Gasteiger charge is -2.11. The molecule has 0 atom stereocenters. The van der Waals surface area contributed by atoms with Crippen LogP contribution in [0.2, 0.25) is 0 Å². The molecule has 17 heavy (non-hydrogen) atoms. The van der Waals surface area contributed by atoms with Gasteiger partial charge in [-0.1, -0.05) is 0 Å². The maximum atomic E-state index is 13.3. The summed E-state index contributed by atoms with van der Waals surface area (Å²) >= 11 is 0. The van der Waals surface area contributed by atoms with Gasteiger partial charge in [0, 0.05) is 0 Å². The summed E-state index contributed by atoms with van der Waals surface area (Å²) in [6.07, 6.45) is -5.09. The predicted molar refractivity (Wildman–Crippen MR) is 45.3 cm³/mol. The number of halogens is 4. The molecule has 1 rings (SSSR count). The molecule has 1 aromatic carbocycles. The van der Waals surface area contributed by atoms with E-state index in [9.17, 15) is 27.2 Å². The summed E-state index contributed by atoms with van der Waals surface area (Å²) in [6, 6.07) is 0.586. The first kappa shape index (κ1) is 12.9. The molecule has 2 N–H and O–H groups in total. The van der Waals surface area contributed by atoms with Crippen molar-refractivity contribution in [2.24, 2.45) is 0 Å². The first-order chi connectivity index (χ1) is 7.66. The number of benzene rings is 1. The number of carboxylic acids is 2. The van der Waals surface area contributed by atoms with Crippen LogP contribution in [0.5, 0.6) is 0 Å². The second-order valence-electron chi connectivity index (χ2n) is 2.96. The van der Waals surface area contributed by atoms with Gasteiger partial charge < -0.3 is 10.2 Å². The molecular weight excluding hydrogens is 248 g/mol. The molecule has 1 aromatic rings. The smallest absolute Gasteiger partial charge is 0.419 e. The van der Waals surface area contributed by atoms with E-state index in [0.29, 0.717) is 6.07 Å². The maximum Gasteiger partial charge on any atom is 0.419 e. The Balaban J connectivity index is 3.61. The monoisotopic (exact) mass is 252 g/mol. The Kier molecular flexibility index (Phi) is 3.08. The second kappa shape index (κ2) is 4.04. The highest BCUT2D eigenvalue weighted by molar-refractivity contribution is 6.02. The minimum absolute atomic E-state index is 0.186. The molecule has 0 spiro atoms. The molecule has 0 bridgehead atoms. The Morgan fingerprint density at radius 3 is 1.94 bits per heavy atom. The quantitative estimate of drug-likeness (QED) is 0.791. The summed E-state index contributed by atoms with van der Waals surface area (Å²) in [6.45, 7) is 0. The standard InChI is InChI=1S/C9H4F4O4/c10-6-4(9(11,12)13)2-1-3(7(14)15)5(6)8(16)17/h1-2H,(H,14,15)(H,16,17). The number of alkyl halides is 3. The molecule has 0 amide bonds. The van der Waals surface area contributed by atoms with E-state index in [1.54, 1.807) is 0 Å². The highest BCUT2D eigenvalue weighted by Gasteiger charge is 2.37. The fourth-order valence-corrected chi connectivity index (χ4v) is 1.18. The number of carboxylic acid groups (broad SMARTS) is 2. The van der Waals surface area contributed by atoms with Crippen molar-refractivity contribution in [2.45, 2.75) is 6.18 Å². The normalized spacial score (nSPS) is 11.3. The van der Waals surface area contributed by atoms with Gasteiger partial charge in [0.1, 0.15) is 5.56 Å². The molecule has 0 aliphatic carbocycles. The number of rotatable bonds is 2. The molecule has 0 saturated heterocycles. The molecule has 0 aromatic heterocycles. The Morgan fingerprint density at radius 1 is 1.06 bits per heavy atom. The van der Waals surface area contributed by atoms with Crippen molar-refractivity contribution in [2.75, 3.05) is 0 Å². The molecular formula is C9H4F4O4. The van der Waals surface area contributed by atoms with Crippen LogP contribution in [-0.4, -0.2) is 22.2 Å². The molecule has 0 radical (unpaired) electrons. The first-order valence-electron chi connectivity index (χ1n) is 4.02. The van der Waals surface area contributed by atoms with Crippen LogP contribution in [0, 0.1) is 5.82 Å². The van der Waals surface area contributed by atoms with E-state index in [0.717, 1.165) is 0 Å². The fourth-order valence-electron chi connectivity index (χ4n) is 1.18. The zero-order chi connectivity index (χ0) is 13.4. The van der Waals surface area contributed by atoms with Crippen molar-refractivity contribution in [3.8, 4) is 0 Å². The van der Waals surface area contributed by atoms with Crippen molar-refractivity contribution in [1.82, 2.24) is 0 Å². The van der Waals surface area contributed by atoms with Crippen molar-refractivity contribution >= 4 is 11.9 Å². The Bertz CT molecular complexity index is 493. The van der Waals surface area contributed by atoms with E-state index in [-0.39, 0.29) is 6.07 Å². The third-order valence-corrected chi connectivity index (χ3v) is 1.89. The lowest BCUT2D eigenvalue weighted by molar-refractivity contribution is -0.140. The van der Waals surface area contributed by atoms with E-state index in [2.05, 4.69) is 0 Å². The third-order valence-electron chi connectivity index (χ3n) is 1.89. The highest BCUT2D eigenvalue weighted by Crippen LogP contribution is 2.33. The van der Waals surface area contributed by atoms with Gasteiger partial charge >= 0.3 is 18.1 Å². The van der Waals surface area contributed by atoms with Gasteiger partial charge in [0.15, 0.2) is 5.82 Å². The minimum Gasteiger partial charge on any atom is -0.478 e. The Hall–Kier alpha value is -2.12. The van der Waals surface area contributed by atoms with E-state index < -0.39 is 40.6 Å². The molecule has 0 saturated carbocycles. The SMILES string of the molecule is O=C(O)c1ccc(C(F)(F)F)c(F)c1C(=O)O. The summed E-state index contributed by atoms with van der Waals surface area (Å²) in [5.74, 6) is -6.01. The number of hydrogen-bond acceptors (Lipinski definition) is 2. The van der Waals surface area contributed by atoms with Crippen molar-refractivity contribution in [1.29, 1.82) is 0 Å². The van der Waals surface area contributed by atoms with E-state index in [1.807, 2.05) is 0 Å². The molecule has 4 nitrogen and oxygen atoms in total. The van der Waals surface area contributed by atoms with Gasteiger partial charge in [0.05, 0.1) is 11.1 Å². The van der Waals surface area contributed by atoms with Crippen molar-refractivity contribution < 1.29 is 37.4 Å². The summed E-state index contributed by atoms with van der Waals surface area (Å²) in [5.41, 5.74) is -4.37. The van der Waals surface area contributed by atoms with Gasteiger partial charge in [-0.05, 0) is 12.1 Å². The summed E-state index contributed by atoms with van der Waals surface area (Å²) in [7, 11) is 0. The zero-order valence-electron chi connectivity index (χ0n) is 7.88. The van der Waals surface area contributed by atoms with Gasteiger partial charge in [-0.3, -0.25) is 0 Å². The summed E-state index contributed by atoms with van der Waals surface area (Å²) in [4.78, 5) is 21.1. The first-order valence-corrected chi connectivity index (χ1v) is 4.02. The maximum absolute atomic E-state index is 13.3. The lowest BCUT2D eigenvalue weighted by atomic mass is 10.0. The number of hydrogen-bond donors (Lipinski definition) is 2.